The first-order valence-corrected chi connectivity index (χ1v) is 7.05. The van der Waals surface area contributed by atoms with Gasteiger partial charge in [-0.1, -0.05) is 12.1 Å². The molecule has 0 saturated carbocycles. The Hall–Kier alpha value is -1.10. The van der Waals surface area contributed by atoms with Gasteiger partial charge in [0.15, 0.2) is 0 Å². The zero-order valence-corrected chi connectivity index (χ0v) is 11.8. The molecular formula is C15H23N3O. The Kier molecular flexibility index (Phi) is 3.48. The molecule has 2 heterocycles. The van der Waals surface area contributed by atoms with Crippen molar-refractivity contribution < 1.29 is 4.74 Å². The molecule has 0 bridgehead atoms. The zero-order valence-electron chi connectivity index (χ0n) is 11.8. The number of fused-ring (bicyclic) bond motifs is 1. The van der Waals surface area contributed by atoms with Crippen LogP contribution in [0.15, 0.2) is 18.2 Å². The van der Waals surface area contributed by atoms with Crippen molar-refractivity contribution in [1.82, 2.24) is 9.80 Å². The van der Waals surface area contributed by atoms with Crippen molar-refractivity contribution in [3.8, 4) is 5.75 Å². The van der Waals surface area contributed by atoms with E-state index in [0.29, 0.717) is 6.04 Å². The molecule has 1 saturated heterocycles. The van der Waals surface area contributed by atoms with Gasteiger partial charge in [-0.15, -0.1) is 0 Å². The predicted molar refractivity (Wildman–Crippen MR) is 76.5 cm³/mol. The van der Waals surface area contributed by atoms with E-state index in [1.54, 1.807) is 0 Å². The third-order valence-electron chi connectivity index (χ3n) is 4.41. The van der Waals surface area contributed by atoms with E-state index < -0.39 is 0 Å². The van der Waals surface area contributed by atoms with Gasteiger partial charge in [0.25, 0.3) is 0 Å². The Morgan fingerprint density at radius 3 is 3.00 bits per heavy atom. The molecule has 104 valence electrons. The summed E-state index contributed by atoms with van der Waals surface area (Å²) in [7, 11) is 4.34. The van der Waals surface area contributed by atoms with Crippen LogP contribution < -0.4 is 10.5 Å². The highest BCUT2D eigenvalue weighted by Gasteiger charge is 2.29. The average molecular weight is 261 g/mol. The lowest BCUT2D eigenvalue weighted by Gasteiger charge is -2.40. The van der Waals surface area contributed by atoms with Crippen LogP contribution in [-0.4, -0.2) is 56.2 Å². The molecule has 2 unspecified atom stereocenters. The summed E-state index contributed by atoms with van der Waals surface area (Å²) in [6.07, 6.45) is 1.01. The monoisotopic (exact) mass is 261 g/mol. The molecule has 19 heavy (non-hydrogen) atoms. The Morgan fingerprint density at radius 1 is 1.32 bits per heavy atom. The maximum absolute atomic E-state index is 6.51. The van der Waals surface area contributed by atoms with Crippen molar-refractivity contribution in [2.24, 2.45) is 5.73 Å². The fraction of sp³-hybridized carbons (Fsp3) is 0.600. The molecule has 0 aromatic heterocycles. The summed E-state index contributed by atoms with van der Waals surface area (Å²) < 4.78 is 5.56. The fourth-order valence-electron chi connectivity index (χ4n) is 3.07. The normalized spacial score (nSPS) is 25.9. The van der Waals surface area contributed by atoms with Crippen LogP contribution in [0.5, 0.6) is 5.75 Å². The molecule has 1 aromatic carbocycles. The summed E-state index contributed by atoms with van der Waals surface area (Å²) in [4.78, 5) is 4.75. The number of likely N-dealkylation sites (N-methyl/N-ethyl adjacent to an activating group) is 2. The summed E-state index contributed by atoms with van der Waals surface area (Å²) >= 11 is 0. The van der Waals surface area contributed by atoms with E-state index in [9.17, 15) is 0 Å². The lowest BCUT2D eigenvalue weighted by Crippen LogP contribution is -2.54. The molecule has 2 atom stereocenters. The Morgan fingerprint density at radius 2 is 2.16 bits per heavy atom. The minimum Gasteiger partial charge on any atom is -0.493 e. The van der Waals surface area contributed by atoms with E-state index in [2.05, 4.69) is 42.1 Å². The third kappa shape index (κ3) is 2.48. The van der Waals surface area contributed by atoms with Crippen LogP contribution in [0.25, 0.3) is 0 Å². The van der Waals surface area contributed by atoms with E-state index >= 15 is 0 Å². The third-order valence-corrected chi connectivity index (χ3v) is 4.41. The first-order chi connectivity index (χ1) is 9.15. The Labute approximate surface area is 115 Å². The number of nitrogens with two attached hydrogens (primary N) is 1. The van der Waals surface area contributed by atoms with E-state index in [4.69, 9.17) is 10.5 Å². The molecule has 1 aromatic rings. The van der Waals surface area contributed by atoms with Crippen LogP contribution in [0.3, 0.4) is 0 Å². The number of piperazine rings is 1. The number of ether oxygens (including phenoxy) is 1. The van der Waals surface area contributed by atoms with Gasteiger partial charge in [0.2, 0.25) is 0 Å². The molecule has 4 heteroatoms. The van der Waals surface area contributed by atoms with Crippen LogP contribution in [0.2, 0.25) is 0 Å². The van der Waals surface area contributed by atoms with Gasteiger partial charge in [-0.3, -0.25) is 4.90 Å². The second-order valence-electron chi connectivity index (χ2n) is 5.80. The number of rotatable bonds is 2. The summed E-state index contributed by atoms with van der Waals surface area (Å²) in [6.45, 7) is 4.05. The first kappa shape index (κ1) is 12.9. The topological polar surface area (TPSA) is 41.7 Å². The molecule has 2 aliphatic rings. The second kappa shape index (κ2) is 5.12. The Bertz CT molecular complexity index is 463. The number of hydrogen-bond donors (Lipinski definition) is 1. The minimum atomic E-state index is 0.0682. The van der Waals surface area contributed by atoms with Crippen LogP contribution in [0.1, 0.15) is 17.2 Å². The molecular weight excluding hydrogens is 238 g/mol. The molecule has 0 aliphatic carbocycles. The quantitative estimate of drug-likeness (QED) is 0.857. The van der Waals surface area contributed by atoms with Gasteiger partial charge >= 0.3 is 0 Å². The highest BCUT2D eigenvalue weighted by molar-refractivity contribution is 5.41. The summed E-state index contributed by atoms with van der Waals surface area (Å²) in [6, 6.07) is 6.88. The molecule has 0 radical (unpaired) electrons. The van der Waals surface area contributed by atoms with Gasteiger partial charge in [0, 0.05) is 38.1 Å². The van der Waals surface area contributed by atoms with Crippen LogP contribution in [0, 0.1) is 0 Å². The Balaban J connectivity index is 1.81. The van der Waals surface area contributed by atoms with E-state index in [1.807, 2.05) is 0 Å². The van der Waals surface area contributed by atoms with Gasteiger partial charge in [-0.05, 0) is 31.3 Å². The highest BCUT2D eigenvalue weighted by Crippen LogP contribution is 2.29. The van der Waals surface area contributed by atoms with Gasteiger partial charge in [0.1, 0.15) is 5.75 Å². The van der Waals surface area contributed by atoms with Gasteiger partial charge in [-0.2, -0.15) is 0 Å². The van der Waals surface area contributed by atoms with E-state index in [0.717, 1.165) is 38.4 Å². The van der Waals surface area contributed by atoms with Crippen molar-refractivity contribution in [2.45, 2.75) is 18.5 Å². The molecule has 1 fully saturated rings. The predicted octanol–water partition coefficient (Wildman–Crippen LogP) is 0.867. The summed E-state index contributed by atoms with van der Waals surface area (Å²) in [5, 5.41) is 0. The lowest BCUT2D eigenvalue weighted by atomic mass is 9.95. The van der Waals surface area contributed by atoms with Crippen molar-refractivity contribution >= 4 is 0 Å². The molecule has 2 N–H and O–H groups in total. The number of benzene rings is 1. The summed E-state index contributed by atoms with van der Waals surface area (Å²) in [5.41, 5.74) is 9.05. The minimum absolute atomic E-state index is 0.0682. The van der Waals surface area contributed by atoms with Gasteiger partial charge in [0.05, 0.1) is 6.61 Å². The van der Waals surface area contributed by atoms with E-state index in [-0.39, 0.29) is 6.04 Å². The van der Waals surface area contributed by atoms with Crippen LogP contribution in [-0.2, 0) is 6.42 Å². The number of hydrogen-bond acceptors (Lipinski definition) is 4. The zero-order chi connectivity index (χ0) is 13.4. The van der Waals surface area contributed by atoms with Gasteiger partial charge in [-0.25, -0.2) is 0 Å². The molecule has 2 aliphatic heterocycles. The van der Waals surface area contributed by atoms with Crippen LogP contribution >= 0.6 is 0 Å². The maximum Gasteiger partial charge on any atom is 0.122 e. The van der Waals surface area contributed by atoms with Crippen LogP contribution in [0.4, 0.5) is 0 Å². The fourth-order valence-corrected chi connectivity index (χ4v) is 3.07. The van der Waals surface area contributed by atoms with Crippen molar-refractivity contribution in [3.63, 3.8) is 0 Å². The SMILES string of the molecule is CN1CCN(C)C(C(N)c2ccc3c(c2)CCO3)C1. The first-order valence-electron chi connectivity index (χ1n) is 7.05. The standard InChI is InChI=1S/C15H23N3O/c1-17-6-7-18(2)13(10-17)15(16)12-3-4-14-11(9-12)5-8-19-14/h3-4,9,13,15H,5-8,10,16H2,1-2H3. The van der Waals surface area contributed by atoms with E-state index in [1.165, 1.54) is 11.1 Å². The highest BCUT2D eigenvalue weighted by atomic mass is 16.5. The summed E-state index contributed by atoms with van der Waals surface area (Å²) in [5.74, 6) is 1.03. The van der Waals surface area contributed by atoms with Gasteiger partial charge < -0.3 is 15.4 Å². The van der Waals surface area contributed by atoms with Crippen molar-refractivity contribution in [1.29, 1.82) is 0 Å². The molecule has 0 amide bonds. The molecule has 3 rings (SSSR count). The van der Waals surface area contributed by atoms with Crippen molar-refractivity contribution in [3.05, 3.63) is 29.3 Å². The second-order valence-corrected chi connectivity index (χ2v) is 5.80. The molecule has 0 spiro atoms. The smallest absolute Gasteiger partial charge is 0.122 e. The average Bonchev–Trinajstić information content (AvgIpc) is 2.88. The lowest BCUT2D eigenvalue weighted by molar-refractivity contribution is 0.0974. The maximum atomic E-state index is 6.51. The molecule has 4 nitrogen and oxygen atoms in total. The largest absolute Gasteiger partial charge is 0.493 e. The van der Waals surface area contributed by atoms with Crippen molar-refractivity contribution in [2.75, 3.05) is 40.3 Å². The number of nitrogens with zero attached hydrogens (tertiary/aromatic N) is 2.